The molecule has 4 atom stereocenters. The summed E-state index contributed by atoms with van der Waals surface area (Å²) in [5, 5.41) is 24.5. The van der Waals surface area contributed by atoms with Crippen LogP contribution in [-0.4, -0.2) is 69.5 Å². The summed E-state index contributed by atoms with van der Waals surface area (Å²) in [6.07, 6.45) is 1.68. The van der Waals surface area contributed by atoms with Crippen molar-refractivity contribution in [2.45, 2.75) is 70.1 Å². The van der Waals surface area contributed by atoms with Crippen molar-refractivity contribution in [3.8, 4) is 5.75 Å². The van der Waals surface area contributed by atoms with Crippen molar-refractivity contribution in [1.29, 1.82) is 0 Å². The zero-order valence-corrected chi connectivity index (χ0v) is 22.4. The molecular weight excluding hydrogens is 500 g/mol. The molecule has 0 aromatic heterocycles. The normalized spacial score (nSPS) is 17.3. The highest BCUT2D eigenvalue weighted by molar-refractivity contribution is 5.94. The molecule has 1 aliphatic heterocycles. The van der Waals surface area contributed by atoms with Gasteiger partial charge in [-0.05, 0) is 54.9 Å². The second-order valence-electron chi connectivity index (χ2n) is 10.4. The molecule has 39 heavy (non-hydrogen) atoms. The van der Waals surface area contributed by atoms with Crippen LogP contribution in [0.4, 0.5) is 0 Å². The van der Waals surface area contributed by atoms with Crippen LogP contribution in [0.2, 0.25) is 0 Å². The van der Waals surface area contributed by atoms with Crippen LogP contribution in [0.25, 0.3) is 0 Å². The van der Waals surface area contributed by atoms with Crippen molar-refractivity contribution >= 4 is 23.7 Å². The summed E-state index contributed by atoms with van der Waals surface area (Å²) in [5.74, 6) is -2.38. The number of carboxylic acid groups (broad SMARTS) is 1. The number of carbonyl (C=O) groups excluding carboxylic acids is 3. The number of carboxylic acids is 1. The highest BCUT2D eigenvalue weighted by Gasteiger charge is 2.39. The van der Waals surface area contributed by atoms with Crippen LogP contribution in [0, 0.1) is 5.92 Å². The average Bonchev–Trinajstić information content (AvgIpc) is 3.39. The highest BCUT2D eigenvalue weighted by atomic mass is 16.4. The molecule has 1 fully saturated rings. The maximum atomic E-state index is 13.6. The molecule has 10 nitrogen and oxygen atoms in total. The molecular formula is C29H38N4O6. The second kappa shape index (κ2) is 13.7. The molecule has 1 saturated heterocycles. The van der Waals surface area contributed by atoms with Gasteiger partial charge in [0.1, 0.15) is 23.9 Å². The predicted molar refractivity (Wildman–Crippen MR) is 146 cm³/mol. The van der Waals surface area contributed by atoms with Gasteiger partial charge in [-0.1, -0.05) is 56.3 Å². The maximum absolute atomic E-state index is 13.6. The molecule has 3 rings (SSSR count). The summed E-state index contributed by atoms with van der Waals surface area (Å²) < 4.78 is 0. The number of phenolic OH excluding ortho intramolecular Hbond substituents is 1. The third kappa shape index (κ3) is 8.54. The van der Waals surface area contributed by atoms with Crippen LogP contribution in [0.1, 0.15) is 44.2 Å². The quantitative estimate of drug-likeness (QED) is 0.274. The third-order valence-electron chi connectivity index (χ3n) is 6.79. The Morgan fingerprint density at radius 3 is 2.21 bits per heavy atom. The lowest BCUT2D eigenvalue weighted by Crippen LogP contribution is -2.57. The molecule has 0 bridgehead atoms. The minimum absolute atomic E-state index is 0.0738. The highest BCUT2D eigenvalue weighted by Crippen LogP contribution is 2.21. The van der Waals surface area contributed by atoms with Crippen LogP contribution in [0.15, 0.2) is 54.6 Å². The molecule has 2 aromatic carbocycles. The second-order valence-corrected chi connectivity index (χ2v) is 10.4. The Kier molecular flexibility index (Phi) is 10.4. The van der Waals surface area contributed by atoms with E-state index in [4.69, 9.17) is 5.73 Å². The first kappa shape index (κ1) is 29.6. The van der Waals surface area contributed by atoms with E-state index in [1.165, 1.54) is 17.0 Å². The summed E-state index contributed by atoms with van der Waals surface area (Å²) in [5.41, 5.74) is 7.66. The molecule has 10 heteroatoms. The van der Waals surface area contributed by atoms with Crippen molar-refractivity contribution < 1.29 is 29.4 Å². The molecule has 1 aliphatic rings. The first-order chi connectivity index (χ1) is 18.5. The van der Waals surface area contributed by atoms with E-state index in [1.807, 2.05) is 19.9 Å². The van der Waals surface area contributed by atoms with E-state index in [0.29, 0.717) is 25.8 Å². The van der Waals surface area contributed by atoms with Crippen LogP contribution >= 0.6 is 0 Å². The van der Waals surface area contributed by atoms with Gasteiger partial charge in [0.05, 0.1) is 6.04 Å². The molecule has 210 valence electrons. The lowest BCUT2D eigenvalue weighted by Gasteiger charge is -2.30. The number of hydrogen-bond donors (Lipinski definition) is 5. The Hall–Kier alpha value is -3.92. The molecule has 0 saturated carbocycles. The van der Waals surface area contributed by atoms with Gasteiger partial charge in [0.25, 0.3) is 0 Å². The minimum Gasteiger partial charge on any atom is -0.508 e. The van der Waals surface area contributed by atoms with E-state index in [9.17, 15) is 29.4 Å². The van der Waals surface area contributed by atoms with E-state index < -0.39 is 42.0 Å². The summed E-state index contributed by atoms with van der Waals surface area (Å²) >= 11 is 0. The lowest BCUT2D eigenvalue weighted by molar-refractivity contribution is -0.145. The number of nitrogens with zero attached hydrogens (tertiary/aromatic N) is 1. The zero-order chi connectivity index (χ0) is 28.5. The summed E-state index contributed by atoms with van der Waals surface area (Å²) in [6.45, 7) is 4.19. The largest absolute Gasteiger partial charge is 0.508 e. The molecule has 1 heterocycles. The van der Waals surface area contributed by atoms with Crippen LogP contribution < -0.4 is 16.4 Å². The van der Waals surface area contributed by atoms with Gasteiger partial charge in [-0.2, -0.15) is 0 Å². The lowest BCUT2D eigenvalue weighted by atomic mass is 10.0. The van der Waals surface area contributed by atoms with Crippen molar-refractivity contribution in [2.24, 2.45) is 11.7 Å². The summed E-state index contributed by atoms with van der Waals surface area (Å²) in [4.78, 5) is 53.0. The maximum Gasteiger partial charge on any atom is 0.326 e. The number of phenols is 1. The summed E-state index contributed by atoms with van der Waals surface area (Å²) in [6, 6.07) is 11.6. The number of nitrogens with two attached hydrogens (primary N) is 1. The van der Waals surface area contributed by atoms with Crippen molar-refractivity contribution in [3.05, 3.63) is 65.7 Å². The van der Waals surface area contributed by atoms with Gasteiger partial charge in [0.2, 0.25) is 17.7 Å². The number of hydrogen-bond acceptors (Lipinski definition) is 6. The Morgan fingerprint density at radius 1 is 0.949 bits per heavy atom. The number of benzene rings is 2. The number of rotatable bonds is 12. The van der Waals surface area contributed by atoms with Crippen LogP contribution in [-0.2, 0) is 32.0 Å². The number of aliphatic carboxylic acids is 1. The standard InChI is InChI=1S/C29H38N4O6/c1-18(2)15-23(31-26(35)22(30)16-20-10-12-21(34)13-11-20)28(37)33-14-6-9-25(33)27(36)32-24(29(38)39)17-19-7-4-3-5-8-19/h3-5,7-8,10-13,18,22-25,34H,6,9,14-17,30H2,1-2H3,(H,31,35)(H,32,36)(H,38,39). The third-order valence-corrected chi connectivity index (χ3v) is 6.79. The average molecular weight is 539 g/mol. The van der Waals surface area contributed by atoms with E-state index in [2.05, 4.69) is 10.6 Å². The van der Waals surface area contributed by atoms with Gasteiger partial charge in [0, 0.05) is 13.0 Å². The molecule has 0 aliphatic carbocycles. The predicted octanol–water partition coefficient (Wildman–Crippen LogP) is 1.60. The fourth-order valence-electron chi connectivity index (χ4n) is 4.77. The zero-order valence-electron chi connectivity index (χ0n) is 22.4. The van der Waals surface area contributed by atoms with Gasteiger partial charge in [-0.3, -0.25) is 14.4 Å². The van der Waals surface area contributed by atoms with Gasteiger partial charge in [-0.25, -0.2) is 4.79 Å². The first-order valence-electron chi connectivity index (χ1n) is 13.3. The number of nitrogens with one attached hydrogen (secondary N) is 2. The SMILES string of the molecule is CC(C)CC(NC(=O)C(N)Cc1ccc(O)cc1)C(=O)N1CCCC1C(=O)NC(Cc1ccccc1)C(=O)O. The molecule has 2 aromatic rings. The molecule has 6 N–H and O–H groups in total. The van der Waals surface area contributed by atoms with Crippen molar-refractivity contribution in [2.75, 3.05) is 6.54 Å². The molecule has 0 spiro atoms. The number of carbonyl (C=O) groups is 4. The van der Waals surface area contributed by atoms with Gasteiger partial charge in [-0.15, -0.1) is 0 Å². The number of likely N-dealkylation sites (tertiary alicyclic amines) is 1. The Labute approximate surface area is 228 Å². The monoisotopic (exact) mass is 538 g/mol. The number of aromatic hydroxyl groups is 1. The Morgan fingerprint density at radius 2 is 1.59 bits per heavy atom. The summed E-state index contributed by atoms with van der Waals surface area (Å²) in [7, 11) is 0. The van der Waals surface area contributed by atoms with Gasteiger partial charge >= 0.3 is 5.97 Å². The van der Waals surface area contributed by atoms with E-state index in [-0.39, 0.29) is 30.4 Å². The first-order valence-corrected chi connectivity index (χ1v) is 13.3. The number of amides is 3. The van der Waals surface area contributed by atoms with Crippen LogP contribution in [0.5, 0.6) is 5.75 Å². The van der Waals surface area contributed by atoms with E-state index in [0.717, 1.165) is 11.1 Å². The van der Waals surface area contributed by atoms with Crippen molar-refractivity contribution in [3.63, 3.8) is 0 Å². The molecule has 0 radical (unpaired) electrons. The van der Waals surface area contributed by atoms with E-state index >= 15 is 0 Å². The van der Waals surface area contributed by atoms with Gasteiger partial charge in [0.15, 0.2) is 0 Å². The fraction of sp³-hybridized carbons (Fsp3) is 0.448. The minimum atomic E-state index is -1.16. The van der Waals surface area contributed by atoms with Crippen molar-refractivity contribution in [1.82, 2.24) is 15.5 Å². The van der Waals surface area contributed by atoms with Gasteiger partial charge < -0.3 is 31.5 Å². The topological polar surface area (TPSA) is 162 Å². The Bertz CT molecular complexity index is 1140. The Balaban J connectivity index is 1.67. The van der Waals surface area contributed by atoms with Crippen LogP contribution in [0.3, 0.4) is 0 Å². The fourth-order valence-corrected chi connectivity index (χ4v) is 4.77. The van der Waals surface area contributed by atoms with E-state index in [1.54, 1.807) is 36.4 Å². The molecule has 4 unspecified atom stereocenters. The smallest absolute Gasteiger partial charge is 0.326 e. The molecule has 3 amide bonds.